The number of rotatable bonds is 5. The number of nitriles is 1. The fourth-order valence-corrected chi connectivity index (χ4v) is 4.19. The van der Waals surface area contributed by atoms with Gasteiger partial charge in [-0.3, -0.25) is 0 Å². The number of nitrogens with one attached hydrogen (secondary N) is 1. The summed E-state index contributed by atoms with van der Waals surface area (Å²) in [6.07, 6.45) is 1.60. The van der Waals surface area contributed by atoms with Crippen LogP contribution in [0.15, 0.2) is 71.6 Å². The van der Waals surface area contributed by atoms with Crippen molar-refractivity contribution < 1.29 is 12.6 Å². The minimum atomic E-state index is -4.08. The first-order valence-corrected chi connectivity index (χ1v) is 11.1. The van der Waals surface area contributed by atoms with Gasteiger partial charge in [0.15, 0.2) is 5.75 Å². The van der Waals surface area contributed by atoms with Gasteiger partial charge < -0.3 is 9.17 Å². The van der Waals surface area contributed by atoms with Crippen LogP contribution in [0.25, 0.3) is 22.7 Å². The van der Waals surface area contributed by atoms with Gasteiger partial charge in [0.1, 0.15) is 16.8 Å². The quantitative estimate of drug-likeness (QED) is 0.298. The van der Waals surface area contributed by atoms with E-state index in [2.05, 4.69) is 16.0 Å². The molecule has 0 amide bonds. The highest BCUT2D eigenvalue weighted by molar-refractivity contribution is 7.87. The van der Waals surface area contributed by atoms with Crippen molar-refractivity contribution in [3.8, 4) is 11.8 Å². The number of H-pyrrole nitrogens is 1. The van der Waals surface area contributed by atoms with E-state index in [-0.39, 0.29) is 15.7 Å². The van der Waals surface area contributed by atoms with Gasteiger partial charge in [-0.15, -0.1) is 0 Å². The molecule has 154 valence electrons. The number of hydrogen-bond acceptors (Lipinski definition) is 5. The molecule has 0 unspecified atom stereocenters. The van der Waals surface area contributed by atoms with E-state index >= 15 is 0 Å². The highest BCUT2D eigenvalue weighted by Crippen LogP contribution is 2.30. The van der Waals surface area contributed by atoms with Crippen molar-refractivity contribution in [3.05, 3.63) is 88.2 Å². The van der Waals surface area contributed by atoms with E-state index in [1.54, 1.807) is 12.1 Å². The SMILES string of the molecule is N#C/C(=C\c1ccc(OS(=O)(=O)c2ccc(Cl)cc2)c(Cl)c1)c1nc2ccccc2[nH]1. The molecule has 4 aromatic rings. The summed E-state index contributed by atoms with van der Waals surface area (Å²) in [6, 6.07) is 19.7. The van der Waals surface area contributed by atoms with Gasteiger partial charge >= 0.3 is 10.1 Å². The Balaban J connectivity index is 1.62. The van der Waals surface area contributed by atoms with Crippen LogP contribution in [0.5, 0.6) is 5.75 Å². The van der Waals surface area contributed by atoms with Gasteiger partial charge in [-0.25, -0.2) is 4.98 Å². The van der Waals surface area contributed by atoms with Crippen LogP contribution in [0.2, 0.25) is 10.0 Å². The van der Waals surface area contributed by atoms with Crippen molar-refractivity contribution in [1.82, 2.24) is 9.97 Å². The molecule has 0 radical (unpaired) electrons. The highest BCUT2D eigenvalue weighted by Gasteiger charge is 2.18. The van der Waals surface area contributed by atoms with Crippen molar-refractivity contribution in [2.24, 2.45) is 0 Å². The molecule has 0 saturated carbocycles. The molecule has 0 bridgehead atoms. The minimum Gasteiger partial charge on any atom is -0.377 e. The Bertz CT molecular complexity index is 1420. The number of hydrogen-bond donors (Lipinski definition) is 1. The maximum absolute atomic E-state index is 12.5. The van der Waals surface area contributed by atoms with E-state index in [9.17, 15) is 13.7 Å². The summed E-state index contributed by atoms with van der Waals surface area (Å²) < 4.78 is 30.1. The Morgan fingerprint density at radius 1 is 1.06 bits per heavy atom. The molecule has 0 aliphatic carbocycles. The zero-order valence-corrected chi connectivity index (χ0v) is 18.0. The molecule has 4 rings (SSSR count). The van der Waals surface area contributed by atoms with E-state index in [1.165, 1.54) is 36.4 Å². The Morgan fingerprint density at radius 2 is 1.81 bits per heavy atom. The molecular weight excluding hydrogens is 457 g/mol. The van der Waals surface area contributed by atoms with E-state index in [4.69, 9.17) is 27.4 Å². The molecule has 0 spiro atoms. The number of halogens is 2. The second-order valence-electron chi connectivity index (χ2n) is 6.45. The van der Waals surface area contributed by atoms with E-state index < -0.39 is 10.1 Å². The van der Waals surface area contributed by atoms with Gasteiger partial charge in [-0.2, -0.15) is 13.7 Å². The molecule has 1 N–H and O–H groups in total. The summed E-state index contributed by atoms with van der Waals surface area (Å²) in [7, 11) is -4.08. The first kappa shape index (κ1) is 20.9. The third kappa shape index (κ3) is 4.57. The number of benzene rings is 3. The molecule has 0 aliphatic rings. The molecule has 31 heavy (non-hydrogen) atoms. The fraction of sp³-hybridized carbons (Fsp3) is 0. The van der Waals surface area contributed by atoms with Gasteiger partial charge in [0.2, 0.25) is 0 Å². The average molecular weight is 470 g/mol. The first-order chi connectivity index (χ1) is 14.9. The zero-order chi connectivity index (χ0) is 22.0. The number of fused-ring (bicyclic) bond motifs is 1. The van der Waals surface area contributed by atoms with Gasteiger partial charge in [0.25, 0.3) is 0 Å². The summed E-state index contributed by atoms with van der Waals surface area (Å²) in [4.78, 5) is 7.47. The van der Waals surface area contributed by atoms with E-state index in [1.807, 2.05) is 24.3 Å². The zero-order valence-electron chi connectivity index (χ0n) is 15.7. The van der Waals surface area contributed by atoms with E-state index in [0.29, 0.717) is 22.0 Å². The van der Waals surface area contributed by atoms with Gasteiger partial charge in [-0.1, -0.05) is 41.4 Å². The first-order valence-electron chi connectivity index (χ1n) is 8.92. The molecule has 0 atom stereocenters. The largest absolute Gasteiger partial charge is 0.377 e. The minimum absolute atomic E-state index is 0.0315. The predicted octanol–water partition coefficient (Wildman–Crippen LogP) is 5.70. The lowest BCUT2D eigenvalue weighted by Gasteiger charge is -2.09. The second kappa shape index (κ2) is 8.44. The van der Waals surface area contributed by atoms with Crippen LogP contribution in [0.1, 0.15) is 11.4 Å². The molecule has 0 saturated heterocycles. The number of nitrogens with zero attached hydrogens (tertiary/aromatic N) is 2. The lowest BCUT2D eigenvalue weighted by Crippen LogP contribution is -2.09. The molecular formula is C22H13Cl2N3O3S. The number of para-hydroxylation sites is 2. The number of aromatic nitrogens is 2. The van der Waals surface area contributed by atoms with Crippen molar-refractivity contribution in [3.63, 3.8) is 0 Å². The Kier molecular flexibility index (Phi) is 5.70. The maximum Gasteiger partial charge on any atom is 0.339 e. The molecule has 6 nitrogen and oxygen atoms in total. The summed E-state index contributed by atoms with van der Waals surface area (Å²) in [5, 5.41) is 10.0. The monoisotopic (exact) mass is 469 g/mol. The lowest BCUT2D eigenvalue weighted by atomic mass is 10.1. The van der Waals surface area contributed by atoms with Crippen molar-refractivity contribution in [2.75, 3.05) is 0 Å². The smallest absolute Gasteiger partial charge is 0.339 e. The van der Waals surface area contributed by atoms with E-state index in [0.717, 1.165) is 11.0 Å². The topological polar surface area (TPSA) is 95.8 Å². The molecule has 1 heterocycles. The van der Waals surface area contributed by atoms with Crippen molar-refractivity contribution in [2.45, 2.75) is 4.90 Å². The Morgan fingerprint density at radius 3 is 2.48 bits per heavy atom. The Labute approximate surface area is 188 Å². The third-order valence-corrected chi connectivity index (χ3v) is 6.13. The van der Waals surface area contributed by atoms with Crippen LogP contribution in [0, 0.1) is 11.3 Å². The predicted molar refractivity (Wildman–Crippen MR) is 120 cm³/mol. The summed E-state index contributed by atoms with van der Waals surface area (Å²) >= 11 is 12.0. The Hall–Kier alpha value is -3.31. The number of aromatic amines is 1. The summed E-state index contributed by atoms with van der Waals surface area (Å²) in [5.41, 5.74) is 2.44. The molecule has 1 aromatic heterocycles. The fourth-order valence-electron chi connectivity index (χ4n) is 2.84. The van der Waals surface area contributed by atoms with Crippen LogP contribution >= 0.6 is 23.2 Å². The van der Waals surface area contributed by atoms with Gasteiger partial charge in [-0.05, 0) is 60.2 Å². The summed E-state index contributed by atoms with van der Waals surface area (Å²) in [5.74, 6) is 0.390. The average Bonchev–Trinajstić information content (AvgIpc) is 3.18. The molecule has 3 aromatic carbocycles. The number of allylic oxidation sites excluding steroid dienone is 1. The van der Waals surface area contributed by atoms with Gasteiger partial charge in [0.05, 0.1) is 21.6 Å². The van der Waals surface area contributed by atoms with Crippen molar-refractivity contribution >= 4 is 56.0 Å². The van der Waals surface area contributed by atoms with Crippen LogP contribution in [-0.4, -0.2) is 18.4 Å². The molecule has 9 heteroatoms. The van der Waals surface area contributed by atoms with Crippen LogP contribution in [0.3, 0.4) is 0 Å². The van der Waals surface area contributed by atoms with Crippen molar-refractivity contribution in [1.29, 1.82) is 5.26 Å². The van der Waals surface area contributed by atoms with Crippen LogP contribution < -0.4 is 4.18 Å². The van der Waals surface area contributed by atoms with Crippen LogP contribution in [0.4, 0.5) is 0 Å². The van der Waals surface area contributed by atoms with Gasteiger partial charge in [0, 0.05) is 5.02 Å². The standard InChI is InChI=1S/C22H13Cl2N3O3S/c23-16-6-8-17(9-7-16)31(28,29)30-21-10-5-14(12-18(21)24)11-15(13-25)22-26-19-3-1-2-4-20(19)27-22/h1-12H,(H,26,27)/b15-11+. The number of imidazole rings is 1. The lowest BCUT2D eigenvalue weighted by molar-refractivity contribution is 0.486. The molecule has 0 fully saturated rings. The second-order valence-corrected chi connectivity index (χ2v) is 8.84. The normalized spacial score (nSPS) is 12.0. The van der Waals surface area contributed by atoms with Crippen LogP contribution in [-0.2, 0) is 10.1 Å². The maximum atomic E-state index is 12.5. The summed E-state index contributed by atoms with van der Waals surface area (Å²) in [6.45, 7) is 0. The highest BCUT2D eigenvalue weighted by atomic mass is 35.5. The molecule has 0 aliphatic heterocycles. The third-order valence-electron chi connectivity index (χ3n) is 4.33.